The first kappa shape index (κ1) is 25.2. The van der Waals surface area contributed by atoms with Crippen LogP contribution >= 0.6 is 24.0 Å². The number of nitrogens with zero attached hydrogens (tertiary/aromatic N) is 3. The van der Waals surface area contributed by atoms with Crippen LogP contribution in [0.25, 0.3) is 0 Å². The highest BCUT2D eigenvalue weighted by Gasteiger charge is 2.12. The highest BCUT2D eigenvalue weighted by atomic mass is 127. The van der Waals surface area contributed by atoms with E-state index < -0.39 is 0 Å². The Bertz CT molecular complexity index is 829. The topological polar surface area (TPSA) is 61.8 Å². The van der Waals surface area contributed by atoms with E-state index in [4.69, 9.17) is 4.74 Å². The number of piperidine rings is 1. The van der Waals surface area contributed by atoms with Crippen molar-refractivity contribution in [2.24, 2.45) is 4.99 Å². The van der Waals surface area contributed by atoms with Crippen LogP contribution in [0.1, 0.15) is 38.7 Å². The van der Waals surface area contributed by atoms with Crippen LogP contribution in [-0.2, 0) is 6.54 Å². The molecule has 1 aromatic heterocycles. The molecule has 1 aliphatic heterocycles. The van der Waals surface area contributed by atoms with Crippen LogP contribution in [0, 0.1) is 5.82 Å². The Balaban J connectivity index is 0.00000341. The molecule has 0 aliphatic carbocycles. The average Bonchev–Trinajstić information content (AvgIpc) is 2.78. The van der Waals surface area contributed by atoms with Crippen molar-refractivity contribution in [3.63, 3.8) is 0 Å². The molecule has 1 aliphatic rings. The Kier molecular flexibility index (Phi) is 10.8. The SMILES string of the molecule is CCNC(=NCc1ccnc(N2CCCCC2)c1)NCC(C)Oc1ccccc1F.I. The third kappa shape index (κ3) is 8.16. The number of aliphatic imine (C=N–C) groups is 1. The van der Waals surface area contributed by atoms with Crippen molar-refractivity contribution in [3.05, 3.63) is 54.0 Å². The molecule has 6 nitrogen and oxygen atoms in total. The van der Waals surface area contributed by atoms with Gasteiger partial charge in [0.15, 0.2) is 17.5 Å². The Hall–Kier alpha value is -2.10. The maximum absolute atomic E-state index is 13.8. The fourth-order valence-electron chi connectivity index (χ4n) is 3.41. The summed E-state index contributed by atoms with van der Waals surface area (Å²) in [6, 6.07) is 10.6. The number of ether oxygens (including phenoxy) is 1. The zero-order chi connectivity index (χ0) is 21.2. The van der Waals surface area contributed by atoms with Gasteiger partial charge in [0.2, 0.25) is 0 Å². The van der Waals surface area contributed by atoms with Gasteiger partial charge in [0, 0.05) is 25.8 Å². The first-order valence-corrected chi connectivity index (χ1v) is 10.8. The quantitative estimate of drug-likeness (QED) is 0.296. The number of benzene rings is 1. The van der Waals surface area contributed by atoms with Gasteiger partial charge in [0.25, 0.3) is 0 Å². The molecule has 1 fully saturated rings. The fourth-order valence-corrected chi connectivity index (χ4v) is 3.41. The van der Waals surface area contributed by atoms with Gasteiger partial charge in [0.05, 0.1) is 13.1 Å². The molecule has 0 amide bonds. The van der Waals surface area contributed by atoms with E-state index in [1.165, 1.54) is 25.3 Å². The molecule has 1 unspecified atom stereocenters. The molecular weight excluding hydrogens is 508 g/mol. The fraction of sp³-hybridized carbons (Fsp3) is 0.478. The summed E-state index contributed by atoms with van der Waals surface area (Å²) in [6.07, 6.45) is 5.41. The highest BCUT2D eigenvalue weighted by Crippen LogP contribution is 2.19. The third-order valence-electron chi connectivity index (χ3n) is 4.98. The lowest BCUT2D eigenvalue weighted by molar-refractivity contribution is 0.214. The average molecular weight is 541 g/mol. The molecule has 3 rings (SSSR count). The van der Waals surface area contributed by atoms with Gasteiger partial charge in [-0.2, -0.15) is 0 Å². The summed E-state index contributed by atoms with van der Waals surface area (Å²) in [5, 5.41) is 6.52. The molecule has 0 spiro atoms. The lowest BCUT2D eigenvalue weighted by Gasteiger charge is -2.27. The lowest BCUT2D eigenvalue weighted by Crippen LogP contribution is -2.41. The molecule has 8 heteroatoms. The molecule has 2 heterocycles. The Labute approximate surface area is 201 Å². The van der Waals surface area contributed by atoms with Gasteiger partial charge in [-0.15, -0.1) is 24.0 Å². The largest absolute Gasteiger partial charge is 0.486 e. The van der Waals surface area contributed by atoms with E-state index in [0.717, 1.165) is 31.0 Å². The third-order valence-corrected chi connectivity index (χ3v) is 4.98. The van der Waals surface area contributed by atoms with Crippen LogP contribution in [0.5, 0.6) is 5.75 Å². The molecule has 1 saturated heterocycles. The predicted octanol–water partition coefficient (Wildman–Crippen LogP) is 4.35. The molecule has 2 aromatic rings. The van der Waals surface area contributed by atoms with Gasteiger partial charge >= 0.3 is 0 Å². The summed E-state index contributed by atoms with van der Waals surface area (Å²) < 4.78 is 19.4. The molecule has 1 aromatic carbocycles. The second-order valence-electron chi connectivity index (χ2n) is 7.50. The van der Waals surface area contributed by atoms with Crippen molar-refractivity contribution >= 4 is 35.8 Å². The van der Waals surface area contributed by atoms with Crippen LogP contribution in [0.3, 0.4) is 0 Å². The number of para-hydroxylation sites is 1. The molecule has 2 N–H and O–H groups in total. The highest BCUT2D eigenvalue weighted by molar-refractivity contribution is 14.0. The molecule has 0 saturated carbocycles. The van der Waals surface area contributed by atoms with Crippen molar-refractivity contribution in [1.29, 1.82) is 0 Å². The van der Waals surface area contributed by atoms with Crippen LogP contribution in [0.2, 0.25) is 0 Å². The second kappa shape index (κ2) is 13.3. The van der Waals surface area contributed by atoms with Gasteiger partial charge in [-0.3, -0.25) is 0 Å². The molecule has 0 radical (unpaired) electrons. The van der Waals surface area contributed by atoms with Gasteiger partial charge in [0.1, 0.15) is 11.9 Å². The van der Waals surface area contributed by atoms with Crippen LogP contribution in [-0.4, -0.2) is 43.2 Å². The van der Waals surface area contributed by atoms with E-state index in [2.05, 4.69) is 31.6 Å². The number of rotatable bonds is 8. The number of guanidine groups is 1. The van der Waals surface area contributed by atoms with E-state index in [0.29, 0.717) is 19.0 Å². The first-order chi connectivity index (χ1) is 14.7. The number of anilines is 1. The molecule has 0 bridgehead atoms. The minimum absolute atomic E-state index is 0. The number of pyridine rings is 1. The zero-order valence-corrected chi connectivity index (χ0v) is 20.6. The van der Waals surface area contributed by atoms with Crippen molar-refractivity contribution in [2.45, 2.75) is 45.8 Å². The number of nitrogens with one attached hydrogen (secondary N) is 2. The summed E-state index contributed by atoms with van der Waals surface area (Å²) in [4.78, 5) is 11.6. The Morgan fingerprint density at radius 3 is 2.71 bits per heavy atom. The second-order valence-corrected chi connectivity index (χ2v) is 7.50. The molecule has 31 heavy (non-hydrogen) atoms. The van der Waals surface area contributed by atoms with Crippen molar-refractivity contribution in [2.75, 3.05) is 31.1 Å². The standard InChI is InChI=1S/C23H32FN5O.HI/c1-3-25-23(27-16-18(2)30-21-10-6-5-9-20(21)24)28-17-19-11-12-26-22(15-19)29-13-7-4-8-14-29;/h5-6,9-12,15,18H,3-4,7-8,13-14,16-17H2,1-2H3,(H2,25,27,28);1H. The van der Waals surface area contributed by atoms with Gasteiger partial charge in [-0.1, -0.05) is 12.1 Å². The molecule has 170 valence electrons. The van der Waals surface area contributed by atoms with Gasteiger partial charge in [-0.25, -0.2) is 14.4 Å². The Morgan fingerprint density at radius 2 is 1.97 bits per heavy atom. The molecular formula is C23H33FIN5O. The minimum atomic E-state index is -0.355. The van der Waals surface area contributed by atoms with Gasteiger partial charge in [-0.05, 0) is 62.9 Å². The smallest absolute Gasteiger partial charge is 0.191 e. The number of hydrogen-bond donors (Lipinski definition) is 2. The number of aromatic nitrogens is 1. The number of halogens is 2. The van der Waals surface area contributed by atoms with Crippen LogP contribution in [0.4, 0.5) is 10.2 Å². The minimum Gasteiger partial charge on any atom is -0.486 e. The summed E-state index contributed by atoms with van der Waals surface area (Å²) in [5.74, 6) is 1.65. The monoisotopic (exact) mass is 541 g/mol. The van der Waals surface area contributed by atoms with Crippen molar-refractivity contribution in [3.8, 4) is 5.75 Å². The summed E-state index contributed by atoms with van der Waals surface area (Å²) in [7, 11) is 0. The van der Waals surface area contributed by atoms with Crippen molar-refractivity contribution < 1.29 is 9.13 Å². The van der Waals surface area contributed by atoms with E-state index in [9.17, 15) is 4.39 Å². The number of hydrogen-bond acceptors (Lipinski definition) is 4. The maximum atomic E-state index is 13.8. The lowest BCUT2D eigenvalue weighted by atomic mass is 10.1. The Morgan fingerprint density at radius 1 is 1.19 bits per heavy atom. The van der Waals surface area contributed by atoms with Crippen LogP contribution in [0.15, 0.2) is 47.6 Å². The maximum Gasteiger partial charge on any atom is 0.191 e. The predicted molar refractivity (Wildman–Crippen MR) is 135 cm³/mol. The summed E-state index contributed by atoms with van der Waals surface area (Å²) in [6.45, 7) is 7.89. The normalized spacial score (nSPS) is 15.1. The zero-order valence-electron chi connectivity index (χ0n) is 18.3. The summed E-state index contributed by atoms with van der Waals surface area (Å²) in [5.41, 5.74) is 1.12. The van der Waals surface area contributed by atoms with Gasteiger partial charge < -0.3 is 20.3 Å². The van der Waals surface area contributed by atoms with Crippen LogP contribution < -0.4 is 20.3 Å². The van der Waals surface area contributed by atoms with E-state index in [-0.39, 0.29) is 41.6 Å². The molecule has 1 atom stereocenters. The summed E-state index contributed by atoms with van der Waals surface area (Å²) >= 11 is 0. The van der Waals surface area contributed by atoms with E-state index in [1.807, 2.05) is 26.1 Å². The van der Waals surface area contributed by atoms with Crippen molar-refractivity contribution in [1.82, 2.24) is 15.6 Å². The van der Waals surface area contributed by atoms with E-state index in [1.54, 1.807) is 18.2 Å². The first-order valence-electron chi connectivity index (χ1n) is 10.8. The van der Waals surface area contributed by atoms with E-state index >= 15 is 0 Å².